The van der Waals surface area contributed by atoms with Crippen molar-refractivity contribution in [3.05, 3.63) is 35.7 Å². The topological polar surface area (TPSA) is 64.7 Å². The Morgan fingerprint density at radius 2 is 1.95 bits per heavy atom. The average Bonchev–Trinajstić information content (AvgIpc) is 2.92. The zero-order chi connectivity index (χ0) is 13.2. The smallest absolute Gasteiger partial charge is 0.180 e. The van der Waals surface area contributed by atoms with Gasteiger partial charge in [0.25, 0.3) is 0 Å². The van der Waals surface area contributed by atoms with Gasteiger partial charge in [-0.05, 0) is 37.5 Å². The molecule has 19 heavy (non-hydrogen) atoms. The Morgan fingerprint density at radius 1 is 1.16 bits per heavy atom. The minimum absolute atomic E-state index is 0.536. The van der Waals surface area contributed by atoms with Crippen LogP contribution in [0.15, 0.2) is 24.4 Å². The maximum Gasteiger partial charge on any atom is 0.180 e. The van der Waals surface area contributed by atoms with Crippen LogP contribution < -0.4 is 5.73 Å². The Bertz CT molecular complexity index is 588. The SMILES string of the molecule is Cc1ccnc(-c2nc(N)cc(C3CCCC3)n2)c1. The van der Waals surface area contributed by atoms with Crippen LogP contribution in [-0.2, 0) is 0 Å². The van der Waals surface area contributed by atoms with Gasteiger partial charge in [0.2, 0.25) is 0 Å². The van der Waals surface area contributed by atoms with E-state index in [-0.39, 0.29) is 0 Å². The van der Waals surface area contributed by atoms with E-state index in [0.717, 1.165) is 17.0 Å². The fourth-order valence-corrected chi connectivity index (χ4v) is 2.69. The molecule has 0 aliphatic heterocycles. The number of hydrogen-bond acceptors (Lipinski definition) is 4. The normalized spacial score (nSPS) is 15.8. The Morgan fingerprint density at radius 3 is 2.68 bits per heavy atom. The summed E-state index contributed by atoms with van der Waals surface area (Å²) in [6, 6.07) is 5.87. The molecule has 0 saturated heterocycles. The number of nitrogen functional groups attached to an aromatic ring is 1. The van der Waals surface area contributed by atoms with Crippen LogP contribution in [0.2, 0.25) is 0 Å². The molecule has 0 amide bonds. The fourth-order valence-electron chi connectivity index (χ4n) is 2.69. The molecule has 4 nitrogen and oxygen atoms in total. The van der Waals surface area contributed by atoms with E-state index in [1.165, 1.54) is 25.7 Å². The van der Waals surface area contributed by atoms with Crippen LogP contribution in [0.1, 0.15) is 42.9 Å². The van der Waals surface area contributed by atoms with E-state index in [2.05, 4.69) is 15.0 Å². The third-order valence-corrected chi connectivity index (χ3v) is 3.68. The van der Waals surface area contributed by atoms with Crippen molar-refractivity contribution in [1.82, 2.24) is 15.0 Å². The maximum atomic E-state index is 5.92. The number of pyridine rings is 1. The molecule has 1 aliphatic rings. The van der Waals surface area contributed by atoms with E-state index >= 15 is 0 Å². The van der Waals surface area contributed by atoms with Gasteiger partial charge in [-0.1, -0.05) is 12.8 Å². The Balaban J connectivity index is 2.01. The van der Waals surface area contributed by atoms with Crippen molar-refractivity contribution >= 4 is 5.82 Å². The van der Waals surface area contributed by atoms with E-state index in [1.54, 1.807) is 6.20 Å². The molecule has 2 aromatic heterocycles. The van der Waals surface area contributed by atoms with Crippen molar-refractivity contribution in [2.24, 2.45) is 0 Å². The molecule has 98 valence electrons. The lowest BCUT2D eigenvalue weighted by molar-refractivity contribution is 0.696. The summed E-state index contributed by atoms with van der Waals surface area (Å²) in [7, 11) is 0. The Labute approximate surface area is 113 Å². The molecule has 0 bridgehead atoms. The second-order valence-corrected chi connectivity index (χ2v) is 5.24. The highest BCUT2D eigenvalue weighted by molar-refractivity contribution is 5.53. The molecule has 3 rings (SSSR count). The van der Waals surface area contributed by atoms with E-state index in [9.17, 15) is 0 Å². The molecule has 0 radical (unpaired) electrons. The van der Waals surface area contributed by atoms with Crippen LogP contribution in [0.5, 0.6) is 0 Å². The van der Waals surface area contributed by atoms with E-state index in [1.807, 2.05) is 25.1 Å². The molecule has 1 fully saturated rings. The van der Waals surface area contributed by atoms with Crippen molar-refractivity contribution in [2.45, 2.75) is 38.5 Å². The second kappa shape index (κ2) is 4.96. The zero-order valence-electron chi connectivity index (χ0n) is 11.1. The first-order chi connectivity index (χ1) is 9.22. The third kappa shape index (κ3) is 2.57. The van der Waals surface area contributed by atoms with Gasteiger partial charge in [0, 0.05) is 23.9 Å². The average molecular weight is 254 g/mol. The number of nitrogens with zero attached hydrogens (tertiary/aromatic N) is 3. The maximum absolute atomic E-state index is 5.92. The molecule has 0 atom stereocenters. The van der Waals surface area contributed by atoms with Crippen molar-refractivity contribution in [3.63, 3.8) is 0 Å². The molecular weight excluding hydrogens is 236 g/mol. The summed E-state index contributed by atoms with van der Waals surface area (Å²) >= 11 is 0. The number of aromatic nitrogens is 3. The highest BCUT2D eigenvalue weighted by Gasteiger charge is 2.20. The molecule has 1 saturated carbocycles. The number of rotatable bonds is 2. The van der Waals surface area contributed by atoms with Crippen molar-refractivity contribution < 1.29 is 0 Å². The lowest BCUT2D eigenvalue weighted by Gasteiger charge is -2.10. The van der Waals surface area contributed by atoms with Gasteiger partial charge < -0.3 is 5.73 Å². The molecular formula is C15H18N4. The second-order valence-electron chi connectivity index (χ2n) is 5.24. The molecule has 2 heterocycles. The fraction of sp³-hybridized carbons (Fsp3) is 0.400. The van der Waals surface area contributed by atoms with Crippen LogP contribution in [0.25, 0.3) is 11.5 Å². The lowest BCUT2D eigenvalue weighted by atomic mass is 10.0. The standard InChI is InChI=1S/C15H18N4/c1-10-6-7-17-13(8-10)15-18-12(9-14(16)19-15)11-4-2-3-5-11/h6-9,11H,2-5H2,1H3,(H2,16,18,19). The molecule has 1 aliphatic carbocycles. The third-order valence-electron chi connectivity index (χ3n) is 3.68. The summed E-state index contributed by atoms with van der Waals surface area (Å²) in [5.41, 5.74) is 8.95. The van der Waals surface area contributed by atoms with Crippen LogP contribution in [0.3, 0.4) is 0 Å². The lowest BCUT2D eigenvalue weighted by Crippen LogP contribution is -2.04. The zero-order valence-corrected chi connectivity index (χ0v) is 11.1. The Kier molecular flexibility index (Phi) is 3.15. The first-order valence-electron chi connectivity index (χ1n) is 6.80. The van der Waals surface area contributed by atoms with Gasteiger partial charge in [-0.25, -0.2) is 9.97 Å². The van der Waals surface area contributed by atoms with Gasteiger partial charge in [-0.2, -0.15) is 0 Å². The summed E-state index contributed by atoms with van der Waals surface area (Å²) in [5.74, 6) is 1.72. The van der Waals surface area contributed by atoms with Gasteiger partial charge in [0.05, 0.1) is 0 Å². The number of anilines is 1. The molecule has 0 aromatic carbocycles. The molecule has 2 N–H and O–H groups in total. The first-order valence-corrected chi connectivity index (χ1v) is 6.80. The van der Waals surface area contributed by atoms with Gasteiger partial charge in [0.15, 0.2) is 5.82 Å². The highest BCUT2D eigenvalue weighted by Crippen LogP contribution is 2.34. The largest absolute Gasteiger partial charge is 0.384 e. The Hall–Kier alpha value is -1.97. The van der Waals surface area contributed by atoms with Gasteiger partial charge in [0.1, 0.15) is 11.5 Å². The van der Waals surface area contributed by atoms with Crippen LogP contribution in [-0.4, -0.2) is 15.0 Å². The number of nitrogens with two attached hydrogens (primary N) is 1. The summed E-state index contributed by atoms with van der Waals surface area (Å²) in [6.45, 7) is 2.04. The highest BCUT2D eigenvalue weighted by atomic mass is 15.0. The molecule has 0 unspecified atom stereocenters. The van der Waals surface area contributed by atoms with Crippen LogP contribution >= 0.6 is 0 Å². The first kappa shape index (κ1) is 12.1. The van der Waals surface area contributed by atoms with Crippen molar-refractivity contribution in [3.8, 4) is 11.5 Å². The van der Waals surface area contributed by atoms with E-state index in [4.69, 9.17) is 5.73 Å². The molecule has 0 spiro atoms. The van der Waals surface area contributed by atoms with Gasteiger partial charge in [-0.3, -0.25) is 4.98 Å². The minimum atomic E-state index is 0.536. The predicted octanol–water partition coefficient (Wildman–Crippen LogP) is 3.09. The van der Waals surface area contributed by atoms with E-state index < -0.39 is 0 Å². The number of hydrogen-bond donors (Lipinski definition) is 1. The van der Waals surface area contributed by atoms with Crippen molar-refractivity contribution in [1.29, 1.82) is 0 Å². The summed E-state index contributed by atoms with van der Waals surface area (Å²) in [6.07, 6.45) is 6.76. The summed E-state index contributed by atoms with van der Waals surface area (Å²) in [5, 5.41) is 0. The van der Waals surface area contributed by atoms with Crippen LogP contribution in [0, 0.1) is 6.92 Å². The van der Waals surface area contributed by atoms with Crippen LogP contribution in [0.4, 0.5) is 5.82 Å². The molecule has 2 aromatic rings. The number of aryl methyl sites for hydroxylation is 1. The summed E-state index contributed by atoms with van der Waals surface area (Å²) in [4.78, 5) is 13.3. The van der Waals surface area contributed by atoms with Gasteiger partial charge in [-0.15, -0.1) is 0 Å². The van der Waals surface area contributed by atoms with Crippen molar-refractivity contribution in [2.75, 3.05) is 5.73 Å². The molecule has 4 heteroatoms. The summed E-state index contributed by atoms with van der Waals surface area (Å²) < 4.78 is 0. The van der Waals surface area contributed by atoms with Gasteiger partial charge >= 0.3 is 0 Å². The van der Waals surface area contributed by atoms with E-state index in [0.29, 0.717) is 17.6 Å². The quantitative estimate of drug-likeness (QED) is 0.894. The predicted molar refractivity (Wildman–Crippen MR) is 75.6 cm³/mol. The monoisotopic (exact) mass is 254 g/mol. The minimum Gasteiger partial charge on any atom is -0.384 e.